The number of amides is 1. The summed E-state index contributed by atoms with van der Waals surface area (Å²) in [6.45, 7) is 2.81. The van der Waals surface area contributed by atoms with Gasteiger partial charge in [0.2, 0.25) is 6.41 Å². The van der Waals surface area contributed by atoms with E-state index in [1.807, 2.05) is 0 Å². The minimum absolute atomic E-state index is 0.00176. The Labute approximate surface area is 173 Å². The van der Waals surface area contributed by atoms with Gasteiger partial charge in [-0.05, 0) is 30.7 Å². The standard InChI is InChI=1S/C13H15NO4S.C8H8O2/c15-6-11-12(17)2-1-3-13(11)18-7-10-8-19-5-4-14(10)9-16;1-6-3-2-4-8(10)7(6)5-9/h1-3,6,9-10,17H,4-5,7-8H2;2-5,10H,1H3. The Morgan fingerprint density at radius 3 is 2.31 bits per heavy atom. The maximum absolute atomic E-state index is 10.9. The quantitative estimate of drug-likeness (QED) is 0.697. The van der Waals surface area contributed by atoms with Gasteiger partial charge in [0.1, 0.15) is 23.9 Å². The van der Waals surface area contributed by atoms with Crippen molar-refractivity contribution in [1.29, 1.82) is 0 Å². The third-order valence-corrected chi connectivity index (χ3v) is 5.51. The van der Waals surface area contributed by atoms with Crippen molar-refractivity contribution in [2.75, 3.05) is 24.7 Å². The summed E-state index contributed by atoms with van der Waals surface area (Å²) in [4.78, 5) is 33.8. The molecule has 1 aliphatic rings. The molecule has 1 unspecified atom stereocenters. The summed E-state index contributed by atoms with van der Waals surface area (Å²) in [6.07, 6.45) is 2.05. The van der Waals surface area contributed by atoms with Gasteiger partial charge in [-0.2, -0.15) is 11.8 Å². The van der Waals surface area contributed by atoms with Crippen LogP contribution >= 0.6 is 11.8 Å². The van der Waals surface area contributed by atoms with Crippen molar-refractivity contribution in [3.63, 3.8) is 0 Å². The van der Waals surface area contributed by atoms with E-state index in [9.17, 15) is 19.5 Å². The van der Waals surface area contributed by atoms with Crippen LogP contribution in [0.3, 0.4) is 0 Å². The second-order valence-corrected chi connectivity index (χ2v) is 7.47. The summed E-state index contributed by atoms with van der Waals surface area (Å²) in [5.41, 5.74) is 1.32. The van der Waals surface area contributed by atoms with Gasteiger partial charge < -0.3 is 19.8 Å². The van der Waals surface area contributed by atoms with Gasteiger partial charge in [-0.1, -0.05) is 18.2 Å². The summed E-state index contributed by atoms with van der Waals surface area (Å²) < 4.78 is 5.58. The fourth-order valence-corrected chi connectivity index (χ4v) is 3.80. The minimum Gasteiger partial charge on any atom is -0.507 e. The van der Waals surface area contributed by atoms with Gasteiger partial charge in [0.15, 0.2) is 12.6 Å². The van der Waals surface area contributed by atoms with E-state index in [2.05, 4.69) is 0 Å². The highest BCUT2D eigenvalue weighted by Crippen LogP contribution is 2.26. The van der Waals surface area contributed by atoms with Gasteiger partial charge >= 0.3 is 0 Å². The molecule has 0 spiro atoms. The Bertz CT molecular complexity index is 837. The predicted octanol–water partition coefficient (Wildman–Crippen LogP) is 2.67. The number of ether oxygens (including phenoxy) is 1. The first-order valence-corrected chi connectivity index (χ1v) is 10.1. The molecule has 0 bridgehead atoms. The number of hydrogen-bond donors (Lipinski definition) is 2. The molecular weight excluding hydrogens is 394 g/mol. The third-order valence-electron chi connectivity index (χ3n) is 4.42. The van der Waals surface area contributed by atoms with Crippen molar-refractivity contribution in [3.8, 4) is 17.2 Å². The van der Waals surface area contributed by atoms with E-state index < -0.39 is 0 Å². The van der Waals surface area contributed by atoms with Crippen LogP contribution in [0.1, 0.15) is 26.3 Å². The lowest BCUT2D eigenvalue weighted by Gasteiger charge is -2.32. The summed E-state index contributed by atoms with van der Waals surface area (Å²) in [5.74, 6) is 2.04. The van der Waals surface area contributed by atoms with Crippen molar-refractivity contribution < 1.29 is 29.3 Å². The number of benzene rings is 2. The molecule has 3 rings (SSSR count). The molecule has 2 aromatic rings. The second-order valence-electron chi connectivity index (χ2n) is 6.32. The molecule has 29 heavy (non-hydrogen) atoms. The molecule has 0 aliphatic carbocycles. The number of aryl methyl sites for hydroxylation is 1. The fourth-order valence-electron chi connectivity index (χ4n) is 2.73. The average Bonchev–Trinajstić information content (AvgIpc) is 2.73. The number of phenolic OH excluding ortho intramolecular Hbond substituents is 2. The van der Waals surface area contributed by atoms with Crippen LogP contribution in [0.5, 0.6) is 17.2 Å². The first-order chi connectivity index (χ1) is 14.0. The van der Waals surface area contributed by atoms with Crippen molar-refractivity contribution in [1.82, 2.24) is 4.90 Å². The Hall–Kier alpha value is -3.00. The van der Waals surface area contributed by atoms with E-state index in [1.165, 1.54) is 12.1 Å². The molecule has 1 saturated heterocycles. The molecule has 0 saturated carbocycles. The smallest absolute Gasteiger partial charge is 0.210 e. The zero-order valence-corrected chi connectivity index (χ0v) is 16.8. The molecule has 2 N–H and O–H groups in total. The van der Waals surface area contributed by atoms with Crippen LogP contribution in [0.2, 0.25) is 0 Å². The molecule has 1 atom stereocenters. The van der Waals surface area contributed by atoms with E-state index in [1.54, 1.807) is 47.9 Å². The molecular formula is C21H23NO6S. The van der Waals surface area contributed by atoms with Crippen LogP contribution in [-0.4, -0.2) is 64.8 Å². The van der Waals surface area contributed by atoms with E-state index in [-0.39, 0.29) is 23.1 Å². The Kier molecular flexibility index (Phi) is 8.54. The molecule has 2 aromatic carbocycles. The fraction of sp³-hybridized carbons (Fsp3) is 0.286. The lowest BCUT2D eigenvalue weighted by molar-refractivity contribution is -0.120. The molecule has 0 radical (unpaired) electrons. The van der Waals surface area contributed by atoms with Crippen LogP contribution in [0.15, 0.2) is 36.4 Å². The molecule has 154 valence electrons. The third kappa shape index (κ3) is 5.99. The number of nitrogens with zero attached hydrogens (tertiary/aromatic N) is 1. The number of thioether (sulfide) groups is 1. The van der Waals surface area contributed by atoms with E-state index >= 15 is 0 Å². The molecule has 7 nitrogen and oxygen atoms in total. The highest BCUT2D eigenvalue weighted by Gasteiger charge is 2.22. The first-order valence-electron chi connectivity index (χ1n) is 8.94. The number of rotatable bonds is 6. The lowest BCUT2D eigenvalue weighted by Crippen LogP contribution is -2.44. The topological polar surface area (TPSA) is 104 Å². The van der Waals surface area contributed by atoms with E-state index in [4.69, 9.17) is 9.84 Å². The highest BCUT2D eigenvalue weighted by molar-refractivity contribution is 7.99. The first kappa shape index (κ1) is 22.3. The van der Waals surface area contributed by atoms with Crippen LogP contribution in [0.4, 0.5) is 0 Å². The summed E-state index contributed by atoms with van der Waals surface area (Å²) in [5, 5.41) is 18.6. The summed E-state index contributed by atoms with van der Waals surface area (Å²) in [7, 11) is 0. The maximum Gasteiger partial charge on any atom is 0.210 e. The number of aldehydes is 2. The van der Waals surface area contributed by atoms with Crippen molar-refractivity contribution in [2.45, 2.75) is 13.0 Å². The largest absolute Gasteiger partial charge is 0.507 e. The second kappa shape index (κ2) is 11.1. The highest BCUT2D eigenvalue weighted by atomic mass is 32.2. The van der Waals surface area contributed by atoms with Crippen LogP contribution in [-0.2, 0) is 4.79 Å². The van der Waals surface area contributed by atoms with Crippen LogP contribution in [0.25, 0.3) is 0 Å². The summed E-state index contributed by atoms with van der Waals surface area (Å²) >= 11 is 1.77. The number of aromatic hydroxyl groups is 2. The Morgan fingerprint density at radius 1 is 1.07 bits per heavy atom. The van der Waals surface area contributed by atoms with Gasteiger partial charge in [-0.15, -0.1) is 0 Å². The molecule has 1 amide bonds. The van der Waals surface area contributed by atoms with Crippen molar-refractivity contribution in [3.05, 3.63) is 53.1 Å². The average molecular weight is 417 g/mol. The molecule has 8 heteroatoms. The van der Waals surface area contributed by atoms with Crippen LogP contribution in [0, 0.1) is 6.92 Å². The van der Waals surface area contributed by atoms with Crippen LogP contribution < -0.4 is 4.74 Å². The van der Waals surface area contributed by atoms with Crippen molar-refractivity contribution >= 4 is 30.7 Å². The lowest BCUT2D eigenvalue weighted by atomic mass is 10.1. The predicted molar refractivity (Wildman–Crippen MR) is 111 cm³/mol. The van der Waals surface area contributed by atoms with Crippen molar-refractivity contribution in [2.24, 2.45) is 0 Å². The molecule has 1 aliphatic heterocycles. The normalized spacial score (nSPS) is 15.6. The summed E-state index contributed by atoms with van der Waals surface area (Å²) in [6, 6.07) is 9.66. The van der Waals surface area contributed by atoms with Gasteiger partial charge in [-0.25, -0.2) is 0 Å². The van der Waals surface area contributed by atoms with Gasteiger partial charge in [0, 0.05) is 18.1 Å². The molecule has 0 aromatic heterocycles. The molecule has 1 heterocycles. The maximum atomic E-state index is 10.9. The SMILES string of the molecule is Cc1cccc(O)c1C=O.O=Cc1c(O)cccc1OCC1CSCCN1C=O. The van der Waals surface area contributed by atoms with E-state index in [0.29, 0.717) is 37.0 Å². The Balaban J connectivity index is 0.000000253. The zero-order chi connectivity index (χ0) is 21.2. The monoisotopic (exact) mass is 417 g/mol. The van der Waals surface area contributed by atoms with E-state index in [0.717, 1.165) is 23.5 Å². The number of carbonyl (C=O) groups is 3. The number of phenols is 2. The van der Waals surface area contributed by atoms with Gasteiger partial charge in [0.05, 0.1) is 17.2 Å². The molecule has 1 fully saturated rings. The number of hydrogen-bond acceptors (Lipinski definition) is 7. The Morgan fingerprint density at radius 2 is 1.72 bits per heavy atom. The number of carbonyl (C=O) groups excluding carboxylic acids is 3. The minimum atomic E-state index is -0.0993. The van der Waals surface area contributed by atoms with Gasteiger partial charge in [-0.3, -0.25) is 14.4 Å². The zero-order valence-electron chi connectivity index (χ0n) is 16.0. The van der Waals surface area contributed by atoms with Gasteiger partial charge in [0.25, 0.3) is 0 Å².